The summed E-state index contributed by atoms with van der Waals surface area (Å²) in [6, 6.07) is 0.380. The molecule has 1 spiro atoms. The standard InChI is InChI=1S/C18H26ClN3O/c1-21-16(15(11-20-21)13-4-2-5-13)12-22(17(23)10-19)14-8-18(9-14)6-3-7-18/h11,13-14H,2-10,12H2,1H3. The van der Waals surface area contributed by atoms with Crippen LogP contribution in [0.4, 0.5) is 0 Å². The van der Waals surface area contributed by atoms with Crippen molar-refractivity contribution in [2.24, 2.45) is 12.5 Å². The molecular formula is C18H26ClN3O. The van der Waals surface area contributed by atoms with Gasteiger partial charge in [-0.05, 0) is 55.4 Å². The summed E-state index contributed by atoms with van der Waals surface area (Å²) in [5.41, 5.74) is 3.13. The second-order valence-corrected chi connectivity index (χ2v) is 8.14. The van der Waals surface area contributed by atoms with E-state index in [0.29, 0.717) is 23.9 Å². The van der Waals surface area contributed by atoms with Crippen LogP contribution < -0.4 is 0 Å². The normalized spacial score (nSPS) is 23.2. The molecule has 4 nitrogen and oxygen atoms in total. The van der Waals surface area contributed by atoms with Crippen LogP contribution in [-0.2, 0) is 18.4 Å². The van der Waals surface area contributed by atoms with Crippen LogP contribution >= 0.6 is 11.6 Å². The van der Waals surface area contributed by atoms with E-state index in [0.717, 1.165) is 0 Å². The summed E-state index contributed by atoms with van der Waals surface area (Å²) in [6.07, 6.45) is 12.3. The monoisotopic (exact) mass is 335 g/mol. The van der Waals surface area contributed by atoms with Gasteiger partial charge in [0.15, 0.2) is 0 Å². The van der Waals surface area contributed by atoms with Gasteiger partial charge in [-0.1, -0.05) is 12.8 Å². The lowest BCUT2D eigenvalue weighted by Crippen LogP contribution is -2.55. The fourth-order valence-electron chi connectivity index (χ4n) is 4.64. The van der Waals surface area contributed by atoms with Gasteiger partial charge in [-0.2, -0.15) is 5.10 Å². The average Bonchev–Trinajstić information content (AvgIpc) is 2.73. The molecule has 0 N–H and O–H groups in total. The molecule has 3 aliphatic rings. The fourth-order valence-corrected chi connectivity index (χ4v) is 4.79. The number of hydrogen-bond acceptors (Lipinski definition) is 2. The highest BCUT2D eigenvalue weighted by Gasteiger charge is 2.50. The van der Waals surface area contributed by atoms with Crippen LogP contribution in [0.15, 0.2) is 6.20 Å². The van der Waals surface area contributed by atoms with Crippen molar-refractivity contribution in [1.29, 1.82) is 0 Å². The Morgan fingerprint density at radius 2 is 2.13 bits per heavy atom. The number of nitrogens with zero attached hydrogens (tertiary/aromatic N) is 3. The molecule has 126 valence electrons. The Hall–Kier alpha value is -1.03. The minimum atomic E-state index is 0.0756. The number of halogens is 1. The topological polar surface area (TPSA) is 38.1 Å². The maximum absolute atomic E-state index is 12.4. The van der Waals surface area contributed by atoms with Gasteiger partial charge in [-0.3, -0.25) is 9.48 Å². The Bertz CT molecular complexity index is 595. The van der Waals surface area contributed by atoms with Gasteiger partial charge in [0.2, 0.25) is 5.91 Å². The highest BCUT2D eigenvalue weighted by molar-refractivity contribution is 6.27. The minimum Gasteiger partial charge on any atom is -0.333 e. The van der Waals surface area contributed by atoms with E-state index in [4.69, 9.17) is 11.6 Å². The first-order valence-electron chi connectivity index (χ1n) is 8.98. The Balaban J connectivity index is 1.51. The Morgan fingerprint density at radius 1 is 1.39 bits per heavy atom. The quantitative estimate of drug-likeness (QED) is 0.771. The van der Waals surface area contributed by atoms with Crippen molar-refractivity contribution >= 4 is 17.5 Å². The van der Waals surface area contributed by atoms with E-state index in [1.54, 1.807) is 0 Å². The molecule has 1 aromatic rings. The molecule has 0 aliphatic heterocycles. The zero-order chi connectivity index (χ0) is 16.0. The highest BCUT2D eigenvalue weighted by Crippen LogP contribution is 2.57. The maximum atomic E-state index is 12.4. The van der Waals surface area contributed by atoms with Crippen molar-refractivity contribution in [3.05, 3.63) is 17.5 Å². The second-order valence-electron chi connectivity index (χ2n) is 7.87. The van der Waals surface area contributed by atoms with E-state index in [1.807, 2.05) is 22.8 Å². The van der Waals surface area contributed by atoms with Crippen molar-refractivity contribution in [3.63, 3.8) is 0 Å². The minimum absolute atomic E-state index is 0.0756. The first-order chi connectivity index (χ1) is 11.1. The van der Waals surface area contributed by atoms with Gasteiger partial charge in [0, 0.05) is 13.1 Å². The van der Waals surface area contributed by atoms with Crippen LogP contribution in [-0.4, -0.2) is 32.5 Å². The first-order valence-corrected chi connectivity index (χ1v) is 9.51. The van der Waals surface area contributed by atoms with E-state index in [1.165, 1.54) is 62.6 Å². The van der Waals surface area contributed by atoms with E-state index in [9.17, 15) is 4.79 Å². The van der Waals surface area contributed by atoms with Gasteiger partial charge in [0.05, 0.1) is 18.4 Å². The maximum Gasteiger partial charge on any atom is 0.238 e. The average molecular weight is 336 g/mol. The number of alkyl halides is 1. The van der Waals surface area contributed by atoms with Crippen LogP contribution in [0, 0.1) is 5.41 Å². The predicted molar refractivity (Wildman–Crippen MR) is 90.4 cm³/mol. The molecule has 1 aromatic heterocycles. The molecule has 0 unspecified atom stereocenters. The number of carbonyl (C=O) groups excluding carboxylic acids is 1. The fraction of sp³-hybridized carbons (Fsp3) is 0.778. The summed E-state index contributed by atoms with van der Waals surface area (Å²) < 4.78 is 1.96. The zero-order valence-corrected chi connectivity index (χ0v) is 14.7. The molecule has 0 radical (unpaired) electrons. The number of carbonyl (C=O) groups is 1. The predicted octanol–water partition coefficient (Wildman–Crippen LogP) is 3.59. The van der Waals surface area contributed by atoms with Gasteiger partial charge in [-0.15, -0.1) is 11.6 Å². The number of hydrogen-bond donors (Lipinski definition) is 0. The number of aromatic nitrogens is 2. The first kappa shape index (κ1) is 15.5. The third-order valence-corrected chi connectivity index (χ3v) is 6.81. The Morgan fingerprint density at radius 3 is 2.65 bits per heavy atom. The molecule has 0 saturated heterocycles. The molecule has 1 heterocycles. The van der Waals surface area contributed by atoms with Crippen LogP contribution in [0.1, 0.15) is 68.5 Å². The third-order valence-electron chi connectivity index (χ3n) is 6.59. The van der Waals surface area contributed by atoms with Crippen molar-refractivity contribution in [2.45, 2.75) is 69.9 Å². The summed E-state index contributed by atoms with van der Waals surface area (Å²) in [4.78, 5) is 14.5. The molecule has 3 saturated carbocycles. The summed E-state index contributed by atoms with van der Waals surface area (Å²) in [6.45, 7) is 0.675. The zero-order valence-electron chi connectivity index (χ0n) is 13.9. The van der Waals surface area contributed by atoms with E-state index in [2.05, 4.69) is 5.10 Å². The van der Waals surface area contributed by atoms with Gasteiger partial charge < -0.3 is 4.90 Å². The lowest BCUT2D eigenvalue weighted by atomic mass is 9.54. The van der Waals surface area contributed by atoms with Crippen molar-refractivity contribution in [2.75, 3.05) is 5.88 Å². The summed E-state index contributed by atoms with van der Waals surface area (Å²) in [5.74, 6) is 0.803. The molecule has 0 atom stereocenters. The van der Waals surface area contributed by atoms with Crippen molar-refractivity contribution in [3.8, 4) is 0 Å². The number of amides is 1. The van der Waals surface area contributed by atoms with Crippen LogP contribution in [0.5, 0.6) is 0 Å². The summed E-state index contributed by atoms with van der Waals surface area (Å²) in [7, 11) is 2.00. The molecule has 23 heavy (non-hydrogen) atoms. The number of rotatable bonds is 5. The second kappa shape index (κ2) is 5.80. The smallest absolute Gasteiger partial charge is 0.238 e. The van der Waals surface area contributed by atoms with Gasteiger partial charge >= 0.3 is 0 Å². The van der Waals surface area contributed by atoms with Crippen LogP contribution in [0.2, 0.25) is 0 Å². The van der Waals surface area contributed by atoms with E-state index >= 15 is 0 Å². The lowest BCUT2D eigenvalue weighted by Gasteiger charge is -2.57. The molecule has 3 aliphatic carbocycles. The van der Waals surface area contributed by atoms with Gasteiger partial charge in [0.1, 0.15) is 5.88 Å². The van der Waals surface area contributed by atoms with E-state index < -0.39 is 0 Å². The third kappa shape index (κ3) is 2.59. The van der Waals surface area contributed by atoms with Crippen LogP contribution in [0.3, 0.4) is 0 Å². The Labute approximate surface area is 143 Å². The van der Waals surface area contributed by atoms with E-state index in [-0.39, 0.29) is 11.8 Å². The summed E-state index contributed by atoms with van der Waals surface area (Å²) in [5, 5.41) is 4.46. The van der Waals surface area contributed by atoms with Gasteiger partial charge in [0.25, 0.3) is 0 Å². The molecular weight excluding hydrogens is 310 g/mol. The van der Waals surface area contributed by atoms with Crippen molar-refractivity contribution < 1.29 is 4.79 Å². The molecule has 0 bridgehead atoms. The Kier molecular flexibility index (Phi) is 3.91. The SMILES string of the molecule is Cn1ncc(C2CCC2)c1CN(C(=O)CCl)C1CC2(CCC2)C1. The highest BCUT2D eigenvalue weighted by atomic mass is 35.5. The summed E-state index contributed by atoms with van der Waals surface area (Å²) >= 11 is 5.90. The molecule has 1 amide bonds. The largest absolute Gasteiger partial charge is 0.333 e. The lowest BCUT2D eigenvalue weighted by molar-refractivity contribution is -0.140. The molecule has 4 rings (SSSR count). The number of aryl methyl sites for hydroxylation is 1. The van der Waals surface area contributed by atoms with Crippen molar-refractivity contribution in [1.82, 2.24) is 14.7 Å². The molecule has 0 aromatic carbocycles. The molecule has 3 fully saturated rings. The van der Waals surface area contributed by atoms with Crippen LogP contribution in [0.25, 0.3) is 0 Å². The molecule has 5 heteroatoms. The van der Waals surface area contributed by atoms with Gasteiger partial charge in [-0.25, -0.2) is 0 Å².